The summed E-state index contributed by atoms with van der Waals surface area (Å²) >= 11 is 11.9. The highest BCUT2D eigenvalue weighted by Crippen LogP contribution is 2.24. The molecule has 0 amide bonds. The molecule has 0 atom stereocenters. The molecule has 1 aromatic heterocycles. The van der Waals surface area contributed by atoms with E-state index in [4.69, 9.17) is 28.5 Å². The second kappa shape index (κ2) is 7.13. The first-order valence-electron chi connectivity index (χ1n) is 6.82. The number of rotatable bonds is 4. The number of halogens is 2. The minimum Gasteiger partial charge on any atom is -0.339 e. The molecule has 0 bridgehead atoms. The number of nitrogens with zero attached hydrogens (tertiary/aromatic N) is 4. The van der Waals surface area contributed by atoms with E-state index in [2.05, 4.69) is 31.9 Å². The summed E-state index contributed by atoms with van der Waals surface area (Å²) in [5, 5.41) is 23.7. The largest absolute Gasteiger partial charge is 0.339 e. The minimum absolute atomic E-state index is 0.317. The minimum atomic E-state index is 0.317. The molecule has 0 saturated carbocycles. The van der Waals surface area contributed by atoms with Gasteiger partial charge in [-0.1, -0.05) is 23.2 Å². The number of nitrogens with one attached hydrogen (secondary N) is 2. The van der Waals surface area contributed by atoms with Crippen LogP contribution in [0.15, 0.2) is 48.7 Å². The Labute approximate surface area is 148 Å². The Bertz CT molecular complexity index is 885. The van der Waals surface area contributed by atoms with E-state index >= 15 is 0 Å². The van der Waals surface area contributed by atoms with Gasteiger partial charge < -0.3 is 10.6 Å². The van der Waals surface area contributed by atoms with Crippen LogP contribution < -0.4 is 10.6 Å². The van der Waals surface area contributed by atoms with E-state index in [-0.39, 0.29) is 0 Å². The lowest BCUT2D eigenvalue weighted by atomic mass is 10.2. The van der Waals surface area contributed by atoms with E-state index in [1.807, 2.05) is 0 Å². The van der Waals surface area contributed by atoms with E-state index in [0.29, 0.717) is 33.1 Å². The number of hydrogen-bond donors (Lipinski definition) is 2. The maximum Gasteiger partial charge on any atom is 0.249 e. The molecule has 0 spiro atoms. The first kappa shape index (κ1) is 16.0. The van der Waals surface area contributed by atoms with Crippen LogP contribution in [0, 0.1) is 11.3 Å². The van der Waals surface area contributed by atoms with Crippen LogP contribution >= 0.6 is 23.2 Å². The SMILES string of the molecule is N#Cc1ccc(Nc2nncc(Nc3cc(Cl)cc(Cl)c3)n2)cc1. The van der Waals surface area contributed by atoms with Crippen molar-refractivity contribution in [1.29, 1.82) is 5.26 Å². The smallest absolute Gasteiger partial charge is 0.249 e. The zero-order valence-corrected chi connectivity index (χ0v) is 13.7. The lowest BCUT2D eigenvalue weighted by Crippen LogP contribution is -2.02. The monoisotopic (exact) mass is 356 g/mol. The van der Waals surface area contributed by atoms with Crippen LogP contribution in [0.1, 0.15) is 5.56 Å². The Balaban J connectivity index is 1.77. The molecule has 118 valence electrons. The molecule has 8 heteroatoms. The molecule has 24 heavy (non-hydrogen) atoms. The van der Waals surface area contributed by atoms with Gasteiger partial charge in [-0.05, 0) is 42.5 Å². The number of nitriles is 1. The number of benzene rings is 2. The summed E-state index contributed by atoms with van der Waals surface area (Å²) in [7, 11) is 0. The van der Waals surface area contributed by atoms with Crippen molar-refractivity contribution in [2.24, 2.45) is 0 Å². The van der Waals surface area contributed by atoms with Crippen LogP contribution in [0.25, 0.3) is 0 Å². The highest BCUT2D eigenvalue weighted by Gasteiger charge is 2.04. The highest BCUT2D eigenvalue weighted by molar-refractivity contribution is 6.35. The lowest BCUT2D eigenvalue weighted by Gasteiger charge is -2.08. The zero-order valence-electron chi connectivity index (χ0n) is 12.2. The zero-order chi connectivity index (χ0) is 16.9. The first-order chi connectivity index (χ1) is 11.6. The Morgan fingerprint density at radius 1 is 0.917 bits per heavy atom. The molecule has 3 rings (SSSR count). The van der Waals surface area contributed by atoms with Gasteiger partial charge in [0, 0.05) is 21.4 Å². The van der Waals surface area contributed by atoms with E-state index in [1.54, 1.807) is 42.5 Å². The molecular formula is C16H10Cl2N6. The first-order valence-corrected chi connectivity index (χ1v) is 7.58. The Morgan fingerprint density at radius 3 is 2.29 bits per heavy atom. The summed E-state index contributed by atoms with van der Waals surface area (Å²) in [5.41, 5.74) is 2.02. The predicted molar refractivity (Wildman–Crippen MR) is 94.0 cm³/mol. The average Bonchev–Trinajstić information content (AvgIpc) is 2.55. The van der Waals surface area contributed by atoms with Gasteiger partial charge in [-0.15, -0.1) is 5.10 Å². The molecular weight excluding hydrogens is 347 g/mol. The molecule has 0 fully saturated rings. The van der Waals surface area contributed by atoms with Crippen molar-refractivity contribution in [3.05, 3.63) is 64.3 Å². The van der Waals surface area contributed by atoms with Crippen molar-refractivity contribution in [2.45, 2.75) is 0 Å². The molecule has 2 aromatic carbocycles. The van der Waals surface area contributed by atoms with Crippen molar-refractivity contribution >= 4 is 46.3 Å². The Hall–Kier alpha value is -2.88. The molecule has 3 aromatic rings. The lowest BCUT2D eigenvalue weighted by molar-refractivity contribution is 0.982. The van der Waals surface area contributed by atoms with Crippen molar-refractivity contribution in [2.75, 3.05) is 10.6 Å². The van der Waals surface area contributed by atoms with E-state index in [9.17, 15) is 0 Å². The van der Waals surface area contributed by atoms with Gasteiger partial charge in [0.15, 0.2) is 5.82 Å². The number of aromatic nitrogens is 3. The van der Waals surface area contributed by atoms with E-state index in [1.165, 1.54) is 6.20 Å². The van der Waals surface area contributed by atoms with E-state index < -0.39 is 0 Å². The van der Waals surface area contributed by atoms with Crippen molar-refractivity contribution in [3.8, 4) is 6.07 Å². The Morgan fingerprint density at radius 2 is 1.62 bits per heavy atom. The maximum absolute atomic E-state index is 8.80. The summed E-state index contributed by atoms with van der Waals surface area (Å²) < 4.78 is 0. The summed E-state index contributed by atoms with van der Waals surface area (Å²) in [6.45, 7) is 0. The quantitative estimate of drug-likeness (QED) is 0.713. The van der Waals surface area contributed by atoms with Gasteiger partial charge in [-0.3, -0.25) is 0 Å². The van der Waals surface area contributed by atoms with Crippen LogP contribution in [0.4, 0.5) is 23.1 Å². The summed E-state index contributed by atoms with van der Waals surface area (Å²) in [6, 6.07) is 14.1. The van der Waals surface area contributed by atoms with Crippen LogP contribution in [0.2, 0.25) is 10.0 Å². The van der Waals surface area contributed by atoms with Gasteiger partial charge in [0.05, 0.1) is 17.8 Å². The molecule has 6 nitrogen and oxygen atoms in total. The van der Waals surface area contributed by atoms with Gasteiger partial charge in [0.25, 0.3) is 0 Å². The standard InChI is InChI=1S/C16H10Cl2N6/c17-11-5-12(18)7-14(6-11)21-15-9-20-24-16(23-15)22-13-3-1-10(8-19)2-4-13/h1-7,9H,(H2,21,22,23,24). The van der Waals surface area contributed by atoms with Crippen LogP contribution in [-0.2, 0) is 0 Å². The van der Waals surface area contributed by atoms with Crippen LogP contribution in [-0.4, -0.2) is 15.2 Å². The molecule has 0 saturated heterocycles. The fraction of sp³-hybridized carbons (Fsp3) is 0. The maximum atomic E-state index is 8.80. The van der Waals surface area contributed by atoms with Gasteiger partial charge in [0.1, 0.15) is 0 Å². The average molecular weight is 357 g/mol. The van der Waals surface area contributed by atoms with Gasteiger partial charge in [-0.25, -0.2) is 0 Å². The molecule has 0 aliphatic carbocycles. The molecule has 0 unspecified atom stereocenters. The van der Waals surface area contributed by atoms with Crippen molar-refractivity contribution in [3.63, 3.8) is 0 Å². The fourth-order valence-electron chi connectivity index (χ4n) is 1.95. The number of hydrogen-bond acceptors (Lipinski definition) is 6. The molecule has 0 aliphatic heterocycles. The second-order valence-electron chi connectivity index (χ2n) is 4.76. The third kappa shape index (κ3) is 4.10. The summed E-state index contributed by atoms with van der Waals surface area (Å²) in [4.78, 5) is 4.32. The summed E-state index contributed by atoms with van der Waals surface area (Å²) in [6.07, 6.45) is 1.48. The fourth-order valence-corrected chi connectivity index (χ4v) is 2.47. The highest BCUT2D eigenvalue weighted by atomic mass is 35.5. The normalized spacial score (nSPS) is 10.0. The third-order valence-corrected chi connectivity index (χ3v) is 3.40. The number of anilines is 4. The van der Waals surface area contributed by atoms with E-state index in [0.717, 1.165) is 5.69 Å². The molecule has 1 heterocycles. The molecule has 2 N–H and O–H groups in total. The van der Waals surface area contributed by atoms with Crippen LogP contribution in [0.3, 0.4) is 0 Å². The van der Waals surface area contributed by atoms with Gasteiger partial charge >= 0.3 is 0 Å². The second-order valence-corrected chi connectivity index (χ2v) is 5.64. The van der Waals surface area contributed by atoms with Crippen molar-refractivity contribution < 1.29 is 0 Å². The Kier molecular flexibility index (Phi) is 4.75. The summed E-state index contributed by atoms with van der Waals surface area (Å²) in [5.74, 6) is 0.803. The topological polar surface area (TPSA) is 86.5 Å². The van der Waals surface area contributed by atoms with Crippen molar-refractivity contribution in [1.82, 2.24) is 15.2 Å². The molecule has 0 aliphatic rings. The molecule has 0 radical (unpaired) electrons. The van der Waals surface area contributed by atoms with Crippen LogP contribution in [0.5, 0.6) is 0 Å². The van der Waals surface area contributed by atoms with Gasteiger partial charge in [0.2, 0.25) is 5.95 Å². The third-order valence-electron chi connectivity index (χ3n) is 2.96. The van der Waals surface area contributed by atoms with Gasteiger partial charge in [-0.2, -0.15) is 15.3 Å². The predicted octanol–water partition coefficient (Wildman–Crippen LogP) is 4.54.